The molecule has 0 rings (SSSR count). The van der Waals surface area contributed by atoms with Gasteiger partial charge in [0.1, 0.15) is 18.5 Å². The molecule has 9 nitrogen and oxygen atoms in total. The van der Waals surface area contributed by atoms with E-state index in [1.54, 1.807) is 18.2 Å². The van der Waals surface area contributed by atoms with E-state index < -0.39 is 40.6 Å². The number of carbonyl (C=O) groups excluding carboxylic acids is 1. The number of nitrogens with zero attached hydrogens (tertiary/aromatic N) is 2. The lowest BCUT2D eigenvalue weighted by atomic mass is 9.96. The third kappa shape index (κ3) is 12.8. The van der Waals surface area contributed by atoms with E-state index in [0.29, 0.717) is 12.8 Å². The number of aldehydes is 1. The standard InChI is InChI=1S/C20H34N2O7/c1-2-3-10-13-17(21(26)27)20(25)16-18(22(28)29)19(24)14-11-8-6-4-5-7-9-12-15-23/h3,8,10-11,15,17-20,24-25H,2,4-7,9,12-14,16H2,1H3/b10-3-,11-8-. The highest BCUT2D eigenvalue weighted by atomic mass is 16.6. The molecule has 0 aromatic carbocycles. The number of hydrogen-bond donors (Lipinski definition) is 2. The smallest absolute Gasteiger partial charge is 0.242 e. The van der Waals surface area contributed by atoms with Gasteiger partial charge in [0.15, 0.2) is 0 Å². The molecule has 4 unspecified atom stereocenters. The van der Waals surface area contributed by atoms with Crippen molar-refractivity contribution in [2.24, 2.45) is 0 Å². The van der Waals surface area contributed by atoms with Crippen LogP contribution in [0.3, 0.4) is 0 Å². The van der Waals surface area contributed by atoms with Crippen LogP contribution in [0.1, 0.15) is 71.1 Å². The lowest BCUT2D eigenvalue weighted by molar-refractivity contribution is -0.553. The Balaban J connectivity index is 4.53. The van der Waals surface area contributed by atoms with Crippen LogP contribution in [0, 0.1) is 20.2 Å². The largest absolute Gasteiger partial charge is 0.386 e. The Morgan fingerprint density at radius 3 is 1.93 bits per heavy atom. The summed E-state index contributed by atoms with van der Waals surface area (Å²) in [5.74, 6) is 0. The van der Waals surface area contributed by atoms with E-state index in [9.17, 15) is 35.2 Å². The number of rotatable bonds is 18. The molecule has 0 spiro atoms. The molecule has 0 saturated carbocycles. The van der Waals surface area contributed by atoms with Crippen LogP contribution in [-0.4, -0.2) is 50.6 Å². The SMILES string of the molecule is CC/C=C\CC(C(O)CC(C(O)C/C=C\CCCCCCC=O)[N+](=O)[O-])[N+](=O)[O-]. The minimum atomic E-state index is -1.52. The predicted octanol–water partition coefficient (Wildman–Crippen LogP) is 3.23. The van der Waals surface area contributed by atoms with Gasteiger partial charge in [-0.3, -0.25) is 20.2 Å². The predicted molar refractivity (Wildman–Crippen MR) is 110 cm³/mol. The Morgan fingerprint density at radius 1 is 0.793 bits per heavy atom. The first-order valence-electron chi connectivity index (χ1n) is 10.2. The van der Waals surface area contributed by atoms with Crippen molar-refractivity contribution in [2.45, 2.75) is 95.4 Å². The molecule has 29 heavy (non-hydrogen) atoms. The molecule has 9 heteroatoms. The molecule has 0 fully saturated rings. The summed E-state index contributed by atoms with van der Waals surface area (Å²) < 4.78 is 0. The number of aliphatic hydroxyl groups is 2. The van der Waals surface area contributed by atoms with Crippen LogP contribution in [0.5, 0.6) is 0 Å². The first-order valence-corrected chi connectivity index (χ1v) is 10.2. The topological polar surface area (TPSA) is 144 Å². The molecule has 166 valence electrons. The first kappa shape index (κ1) is 26.9. The summed E-state index contributed by atoms with van der Waals surface area (Å²) in [5.41, 5.74) is 0. The quantitative estimate of drug-likeness (QED) is 0.115. The van der Waals surface area contributed by atoms with Gasteiger partial charge in [-0.1, -0.05) is 44.1 Å². The normalized spacial score (nSPS) is 16.0. The maximum Gasteiger partial charge on any atom is 0.242 e. The van der Waals surface area contributed by atoms with Gasteiger partial charge in [0.05, 0.1) is 6.42 Å². The molecule has 0 saturated heterocycles. The van der Waals surface area contributed by atoms with Crippen LogP contribution in [0.2, 0.25) is 0 Å². The summed E-state index contributed by atoms with van der Waals surface area (Å²) in [7, 11) is 0. The molecule has 0 aliphatic heterocycles. The maximum absolute atomic E-state index is 11.3. The van der Waals surface area contributed by atoms with Gasteiger partial charge in [0.2, 0.25) is 12.1 Å². The highest BCUT2D eigenvalue weighted by Gasteiger charge is 2.38. The summed E-state index contributed by atoms with van der Waals surface area (Å²) in [4.78, 5) is 31.3. The second kappa shape index (κ2) is 16.8. The van der Waals surface area contributed by atoms with Crippen LogP contribution in [0.15, 0.2) is 24.3 Å². The minimum absolute atomic E-state index is 0.0186. The van der Waals surface area contributed by atoms with Crippen LogP contribution in [-0.2, 0) is 4.79 Å². The zero-order valence-electron chi connectivity index (χ0n) is 17.1. The second-order valence-electron chi connectivity index (χ2n) is 7.06. The van der Waals surface area contributed by atoms with Crippen molar-refractivity contribution in [1.82, 2.24) is 0 Å². The zero-order chi connectivity index (χ0) is 22.1. The van der Waals surface area contributed by atoms with Gasteiger partial charge in [-0.25, -0.2) is 0 Å². The first-order chi connectivity index (χ1) is 13.8. The highest BCUT2D eigenvalue weighted by Crippen LogP contribution is 2.17. The van der Waals surface area contributed by atoms with Crippen LogP contribution >= 0.6 is 0 Å². The monoisotopic (exact) mass is 414 g/mol. The van der Waals surface area contributed by atoms with E-state index in [1.807, 2.05) is 13.0 Å². The molecule has 4 atom stereocenters. The van der Waals surface area contributed by atoms with Gasteiger partial charge < -0.3 is 15.0 Å². The number of allylic oxidation sites excluding steroid dienone is 2. The van der Waals surface area contributed by atoms with Crippen molar-refractivity contribution in [3.8, 4) is 0 Å². The maximum atomic E-state index is 11.3. The third-order valence-electron chi connectivity index (χ3n) is 4.68. The Hall–Kier alpha value is -2.13. The number of nitro groups is 2. The van der Waals surface area contributed by atoms with Gasteiger partial charge in [-0.2, -0.15) is 0 Å². The Bertz CT molecular complexity index is 537. The molecule has 0 aromatic heterocycles. The van der Waals surface area contributed by atoms with Crippen molar-refractivity contribution < 1.29 is 24.9 Å². The summed E-state index contributed by atoms with van der Waals surface area (Å²) in [6.45, 7) is 1.87. The molecule has 0 radical (unpaired) electrons. The highest BCUT2D eigenvalue weighted by molar-refractivity contribution is 5.48. The number of carbonyl (C=O) groups is 1. The average Bonchev–Trinajstić information content (AvgIpc) is 2.67. The van der Waals surface area contributed by atoms with E-state index in [2.05, 4.69) is 0 Å². The molecule has 0 aromatic rings. The van der Waals surface area contributed by atoms with Crippen LogP contribution in [0.4, 0.5) is 0 Å². The lowest BCUT2D eigenvalue weighted by Gasteiger charge is -2.20. The van der Waals surface area contributed by atoms with Gasteiger partial charge in [0.25, 0.3) is 0 Å². The van der Waals surface area contributed by atoms with Crippen LogP contribution in [0.25, 0.3) is 0 Å². The summed E-state index contributed by atoms with van der Waals surface area (Å²) >= 11 is 0. The number of unbranched alkanes of at least 4 members (excludes halogenated alkanes) is 5. The summed E-state index contributed by atoms with van der Waals surface area (Å²) in [6, 6.07) is -2.82. The van der Waals surface area contributed by atoms with Gasteiger partial charge in [-0.05, 0) is 32.1 Å². The van der Waals surface area contributed by atoms with E-state index >= 15 is 0 Å². The summed E-state index contributed by atoms with van der Waals surface area (Å²) in [5, 5.41) is 42.7. The fraction of sp³-hybridized carbons (Fsp3) is 0.750. The molecule has 2 N–H and O–H groups in total. The molecule has 0 heterocycles. The van der Waals surface area contributed by atoms with Crippen LogP contribution < -0.4 is 0 Å². The molecular weight excluding hydrogens is 380 g/mol. The van der Waals surface area contributed by atoms with Gasteiger partial charge >= 0.3 is 0 Å². The van der Waals surface area contributed by atoms with E-state index in [4.69, 9.17) is 0 Å². The molecule has 0 aliphatic carbocycles. The fourth-order valence-electron chi connectivity index (χ4n) is 2.93. The zero-order valence-corrected chi connectivity index (χ0v) is 17.1. The van der Waals surface area contributed by atoms with Crippen molar-refractivity contribution in [1.29, 1.82) is 0 Å². The second-order valence-corrected chi connectivity index (χ2v) is 7.06. The Morgan fingerprint density at radius 2 is 1.38 bits per heavy atom. The van der Waals surface area contributed by atoms with E-state index in [1.165, 1.54) is 0 Å². The van der Waals surface area contributed by atoms with Crippen molar-refractivity contribution in [3.63, 3.8) is 0 Å². The van der Waals surface area contributed by atoms with Crippen molar-refractivity contribution in [3.05, 3.63) is 44.5 Å². The minimum Gasteiger partial charge on any atom is -0.386 e. The molecule has 0 bridgehead atoms. The van der Waals surface area contributed by atoms with E-state index in [-0.39, 0.29) is 12.8 Å². The lowest BCUT2D eigenvalue weighted by Crippen LogP contribution is -2.42. The van der Waals surface area contributed by atoms with Crippen molar-refractivity contribution >= 4 is 6.29 Å². The Kier molecular flexibility index (Phi) is 15.6. The molecule has 0 amide bonds. The molecular formula is C20H34N2O7. The molecule has 0 aliphatic rings. The fourth-order valence-corrected chi connectivity index (χ4v) is 2.93. The van der Waals surface area contributed by atoms with Gasteiger partial charge in [0, 0.05) is 22.7 Å². The average molecular weight is 414 g/mol. The van der Waals surface area contributed by atoms with Crippen molar-refractivity contribution in [2.75, 3.05) is 0 Å². The third-order valence-corrected chi connectivity index (χ3v) is 4.68. The Labute approximate surface area is 171 Å². The van der Waals surface area contributed by atoms with E-state index in [0.717, 1.165) is 38.4 Å². The summed E-state index contributed by atoms with van der Waals surface area (Å²) in [6.07, 6.45) is 10.2. The number of aliphatic hydroxyl groups excluding tert-OH is 2. The number of hydrogen-bond acceptors (Lipinski definition) is 7. The van der Waals surface area contributed by atoms with Gasteiger partial charge in [-0.15, -0.1) is 0 Å².